The lowest BCUT2D eigenvalue weighted by atomic mass is 10.0. The standard InChI is InChI=1S/C26H24N2O2/c1-4-30-21-13-11-20(12-14-21)27-26(29)23-16-25(19-10-9-17(2)18(3)15-19)28-24-8-6-5-7-22(23)24/h5-16H,4H2,1-3H3,(H,27,29). The summed E-state index contributed by atoms with van der Waals surface area (Å²) < 4.78 is 5.47. The van der Waals surface area contributed by atoms with Crippen LogP contribution in [0.1, 0.15) is 28.4 Å². The summed E-state index contributed by atoms with van der Waals surface area (Å²) in [6.07, 6.45) is 0. The molecule has 30 heavy (non-hydrogen) atoms. The van der Waals surface area contributed by atoms with Crippen LogP contribution in [-0.4, -0.2) is 17.5 Å². The largest absolute Gasteiger partial charge is 0.494 e. The van der Waals surface area contributed by atoms with E-state index < -0.39 is 0 Å². The third kappa shape index (κ3) is 4.03. The van der Waals surface area contributed by atoms with E-state index >= 15 is 0 Å². The van der Waals surface area contributed by atoms with Crippen molar-refractivity contribution in [3.05, 3.63) is 89.5 Å². The smallest absolute Gasteiger partial charge is 0.256 e. The molecule has 0 aliphatic heterocycles. The van der Waals surface area contributed by atoms with Crippen molar-refractivity contribution in [3.8, 4) is 17.0 Å². The molecule has 0 unspecified atom stereocenters. The molecule has 0 aliphatic rings. The third-order valence-corrected chi connectivity index (χ3v) is 5.19. The van der Waals surface area contributed by atoms with Gasteiger partial charge in [0.05, 0.1) is 23.4 Å². The van der Waals surface area contributed by atoms with Crippen molar-refractivity contribution in [3.63, 3.8) is 0 Å². The van der Waals surface area contributed by atoms with E-state index in [1.807, 2.05) is 67.6 Å². The summed E-state index contributed by atoms with van der Waals surface area (Å²) in [5.74, 6) is 0.615. The Morgan fingerprint density at radius 2 is 1.70 bits per heavy atom. The Kier molecular flexibility index (Phi) is 5.48. The molecule has 0 saturated heterocycles. The Morgan fingerprint density at radius 1 is 0.933 bits per heavy atom. The molecule has 3 aromatic carbocycles. The van der Waals surface area contributed by atoms with Crippen LogP contribution in [0.2, 0.25) is 0 Å². The van der Waals surface area contributed by atoms with E-state index in [-0.39, 0.29) is 5.91 Å². The van der Waals surface area contributed by atoms with Crippen LogP contribution in [0, 0.1) is 13.8 Å². The topological polar surface area (TPSA) is 51.2 Å². The lowest BCUT2D eigenvalue weighted by molar-refractivity contribution is 0.102. The number of hydrogen-bond donors (Lipinski definition) is 1. The second kappa shape index (κ2) is 8.37. The summed E-state index contributed by atoms with van der Waals surface area (Å²) in [5, 5.41) is 3.82. The first-order valence-corrected chi connectivity index (χ1v) is 10.1. The number of amides is 1. The van der Waals surface area contributed by atoms with E-state index in [0.717, 1.165) is 33.6 Å². The molecule has 0 saturated carbocycles. The van der Waals surface area contributed by atoms with Gasteiger partial charge in [0.1, 0.15) is 5.75 Å². The molecule has 1 heterocycles. The van der Waals surface area contributed by atoms with Crippen molar-refractivity contribution in [1.29, 1.82) is 0 Å². The number of nitrogens with one attached hydrogen (secondary N) is 1. The minimum Gasteiger partial charge on any atom is -0.494 e. The zero-order chi connectivity index (χ0) is 21.1. The van der Waals surface area contributed by atoms with Crippen LogP contribution in [0.15, 0.2) is 72.8 Å². The van der Waals surface area contributed by atoms with Gasteiger partial charge in [0.2, 0.25) is 0 Å². The van der Waals surface area contributed by atoms with Crippen LogP contribution in [-0.2, 0) is 0 Å². The van der Waals surface area contributed by atoms with Crippen LogP contribution in [0.25, 0.3) is 22.2 Å². The molecule has 0 spiro atoms. The zero-order valence-electron chi connectivity index (χ0n) is 17.4. The minimum atomic E-state index is -0.164. The summed E-state index contributed by atoms with van der Waals surface area (Å²) in [4.78, 5) is 18.0. The fourth-order valence-corrected chi connectivity index (χ4v) is 3.41. The van der Waals surface area contributed by atoms with Gasteiger partial charge in [-0.25, -0.2) is 4.98 Å². The fourth-order valence-electron chi connectivity index (χ4n) is 3.41. The number of aryl methyl sites for hydroxylation is 2. The number of rotatable bonds is 5. The molecule has 0 bridgehead atoms. The monoisotopic (exact) mass is 396 g/mol. The molecular weight excluding hydrogens is 372 g/mol. The Hall–Kier alpha value is -3.66. The highest BCUT2D eigenvalue weighted by molar-refractivity contribution is 6.13. The first-order chi connectivity index (χ1) is 14.5. The van der Waals surface area contributed by atoms with Crippen molar-refractivity contribution in [2.45, 2.75) is 20.8 Å². The molecule has 4 aromatic rings. The molecule has 0 aliphatic carbocycles. The number of anilines is 1. The first kappa shape index (κ1) is 19.6. The molecule has 4 heteroatoms. The van der Waals surface area contributed by atoms with Gasteiger partial charge < -0.3 is 10.1 Å². The van der Waals surface area contributed by atoms with E-state index in [0.29, 0.717) is 12.2 Å². The third-order valence-electron chi connectivity index (χ3n) is 5.19. The number of hydrogen-bond acceptors (Lipinski definition) is 3. The Morgan fingerprint density at radius 3 is 2.43 bits per heavy atom. The van der Waals surface area contributed by atoms with E-state index in [2.05, 4.69) is 31.3 Å². The first-order valence-electron chi connectivity index (χ1n) is 10.1. The summed E-state index contributed by atoms with van der Waals surface area (Å²) in [6, 6.07) is 23.2. The number of pyridine rings is 1. The molecule has 1 amide bonds. The number of nitrogens with zero attached hydrogens (tertiary/aromatic N) is 1. The van der Waals surface area contributed by atoms with Crippen molar-refractivity contribution < 1.29 is 9.53 Å². The maximum absolute atomic E-state index is 13.2. The number of carbonyl (C=O) groups excluding carboxylic acids is 1. The van der Waals surface area contributed by atoms with E-state index in [1.165, 1.54) is 11.1 Å². The molecule has 0 radical (unpaired) electrons. The normalized spacial score (nSPS) is 10.8. The second-order valence-electron chi connectivity index (χ2n) is 7.28. The highest BCUT2D eigenvalue weighted by Gasteiger charge is 2.14. The van der Waals surface area contributed by atoms with Crippen molar-refractivity contribution in [2.24, 2.45) is 0 Å². The molecule has 0 fully saturated rings. The van der Waals surface area contributed by atoms with E-state index in [9.17, 15) is 4.79 Å². The maximum Gasteiger partial charge on any atom is 0.256 e. The van der Waals surface area contributed by atoms with Crippen LogP contribution in [0.4, 0.5) is 5.69 Å². The lowest BCUT2D eigenvalue weighted by Crippen LogP contribution is -2.13. The van der Waals surface area contributed by atoms with Gasteiger partial charge in [0.25, 0.3) is 5.91 Å². The predicted octanol–water partition coefficient (Wildman–Crippen LogP) is 6.17. The molecular formula is C26H24N2O2. The van der Waals surface area contributed by atoms with Crippen LogP contribution < -0.4 is 10.1 Å². The number of fused-ring (bicyclic) bond motifs is 1. The molecule has 0 atom stereocenters. The Bertz CT molecular complexity index is 1210. The molecule has 1 aromatic heterocycles. The highest BCUT2D eigenvalue weighted by atomic mass is 16.5. The number of carbonyl (C=O) groups is 1. The molecule has 150 valence electrons. The summed E-state index contributed by atoms with van der Waals surface area (Å²) in [6.45, 7) is 6.72. The Labute approximate surface area is 176 Å². The second-order valence-corrected chi connectivity index (χ2v) is 7.28. The van der Waals surface area contributed by atoms with Gasteiger partial charge in [-0.3, -0.25) is 4.79 Å². The van der Waals surface area contributed by atoms with Gasteiger partial charge in [0.15, 0.2) is 0 Å². The van der Waals surface area contributed by atoms with Gasteiger partial charge in [-0.05, 0) is 74.4 Å². The average Bonchev–Trinajstić information content (AvgIpc) is 2.76. The molecule has 4 rings (SSSR count). The minimum absolute atomic E-state index is 0.164. The fraction of sp³-hybridized carbons (Fsp3) is 0.154. The average molecular weight is 396 g/mol. The van der Waals surface area contributed by atoms with Crippen molar-refractivity contribution in [2.75, 3.05) is 11.9 Å². The summed E-state index contributed by atoms with van der Waals surface area (Å²) >= 11 is 0. The van der Waals surface area contributed by atoms with Crippen LogP contribution >= 0.6 is 0 Å². The Balaban J connectivity index is 1.73. The van der Waals surface area contributed by atoms with Crippen molar-refractivity contribution in [1.82, 2.24) is 4.98 Å². The maximum atomic E-state index is 13.2. The molecule has 4 nitrogen and oxygen atoms in total. The van der Waals surface area contributed by atoms with Gasteiger partial charge in [0, 0.05) is 16.6 Å². The van der Waals surface area contributed by atoms with E-state index in [1.54, 1.807) is 0 Å². The van der Waals surface area contributed by atoms with E-state index in [4.69, 9.17) is 9.72 Å². The molecule has 1 N–H and O–H groups in total. The number of para-hydroxylation sites is 1. The summed E-state index contributed by atoms with van der Waals surface area (Å²) in [7, 11) is 0. The van der Waals surface area contributed by atoms with Crippen LogP contribution in [0.3, 0.4) is 0 Å². The van der Waals surface area contributed by atoms with Crippen LogP contribution in [0.5, 0.6) is 5.75 Å². The number of aromatic nitrogens is 1. The highest BCUT2D eigenvalue weighted by Crippen LogP contribution is 2.27. The van der Waals surface area contributed by atoms with Gasteiger partial charge in [-0.1, -0.05) is 30.3 Å². The van der Waals surface area contributed by atoms with Crippen molar-refractivity contribution >= 4 is 22.5 Å². The number of benzene rings is 3. The lowest BCUT2D eigenvalue weighted by Gasteiger charge is -2.12. The quantitative estimate of drug-likeness (QED) is 0.439. The van der Waals surface area contributed by atoms with Gasteiger partial charge >= 0.3 is 0 Å². The predicted molar refractivity (Wildman–Crippen MR) is 122 cm³/mol. The van der Waals surface area contributed by atoms with Gasteiger partial charge in [-0.15, -0.1) is 0 Å². The van der Waals surface area contributed by atoms with Gasteiger partial charge in [-0.2, -0.15) is 0 Å². The zero-order valence-corrected chi connectivity index (χ0v) is 17.4. The SMILES string of the molecule is CCOc1ccc(NC(=O)c2cc(-c3ccc(C)c(C)c3)nc3ccccc23)cc1. The summed E-state index contributed by atoms with van der Waals surface area (Å²) in [5.41, 5.74) is 6.33. The number of ether oxygens (including phenoxy) is 1.